The summed E-state index contributed by atoms with van der Waals surface area (Å²) < 4.78 is 40.9. The number of rotatable bonds is 2. The second-order valence-corrected chi connectivity index (χ2v) is 2.69. The first-order valence-electron chi connectivity index (χ1n) is 3.78. The summed E-state index contributed by atoms with van der Waals surface area (Å²) in [5.74, 6) is 0.150. The molecule has 0 aliphatic rings. The number of methoxy groups -OCH3 is 1. The third-order valence-electron chi connectivity index (χ3n) is 1.57. The Bertz CT molecular complexity index is 322. The number of alkyl halides is 3. The first-order valence-corrected chi connectivity index (χ1v) is 3.78. The lowest BCUT2D eigenvalue weighted by Gasteiger charge is -2.10. The van der Waals surface area contributed by atoms with Crippen LogP contribution in [-0.2, 0) is 0 Å². The minimum absolute atomic E-state index is 0.0694. The van der Waals surface area contributed by atoms with Gasteiger partial charge < -0.3 is 10.5 Å². The van der Waals surface area contributed by atoms with E-state index in [4.69, 9.17) is 10.5 Å². The van der Waals surface area contributed by atoms with Crippen LogP contribution in [0.4, 0.5) is 18.9 Å². The maximum atomic E-state index is 12.0. The second kappa shape index (κ2) is 3.77. The number of ether oxygens (including phenoxy) is 1. The van der Waals surface area contributed by atoms with Crippen LogP contribution >= 0.6 is 0 Å². The third kappa shape index (κ3) is 2.83. The number of halogens is 3. The average molecular weight is 204 g/mol. The van der Waals surface area contributed by atoms with Crippen molar-refractivity contribution < 1.29 is 17.9 Å². The highest BCUT2D eigenvalue weighted by molar-refractivity contribution is 5.51. The van der Waals surface area contributed by atoms with E-state index in [1.165, 1.54) is 25.3 Å². The molecule has 5 heteroatoms. The minimum Gasteiger partial charge on any atom is -0.496 e. The Hall–Kier alpha value is -1.39. The maximum Gasteiger partial charge on any atom is 0.396 e. The van der Waals surface area contributed by atoms with Crippen molar-refractivity contribution in [1.82, 2.24) is 0 Å². The smallest absolute Gasteiger partial charge is 0.396 e. The number of anilines is 1. The van der Waals surface area contributed by atoms with Crippen molar-refractivity contribution in [3.05, 3.63) is 30.2 Å². The molecule has 0 amide bonds. The molecule has 0 saturated carbocycles. The van der Waals surface area contributed by atoms with Crippen LogP contribution in [0, 0.1) is 6.42 Å². The standard InChI is InChI=1S/C9H9F3NO/c1-14-8-3-2-7(13)4-6(8)5-9(10,11)12/h2-5H,13H2,1H3. The van der Waals surface area contributed by atoms with Crippen LogP contribution < -0.4 is 10.5 Å². The monoisotopic (exact) mass is 204 g/mol. The highest BCUT2D eigenvalue weighted by Gasteiger charge is 2.29. The quantitative estimate of drug-likeness (QED) is 0.750. The van der Waals surface area contributed by atoms with Gasteiger partial charge in [0, 0.05) is 11.3 Å². The Morgan fingerprint density at radius 3 is 2.50 bits per heavy atom. The molecule has 1 rings (SSSR count). The van der Waals surface area contributed by atoms with E-state index in [1.807, 2.05) is 0 Å². The molecular formula is C9H9F3NO. The fourth-order valence-electron chi connectivity index (χ4n) is 1.04. The number of hydrogen-bond acceptors (Lipinski definition) is 2. The molecule has 0 heterocycles. The molecule has 0 aliphatic carbocycles. The summed E-state index contributed by atoms with van der Waals surface area (Å²) >= 11 is 0. The maximum absolute atomic E-state index is 12.0. The van der Waals surface area contributed by atoms with Gasteiger partial charge in [0.25, 0.3) is 0 Å². The van der Waals surface area contributed by atoms with Gasteiger partial charge in [0.15, 0.2) is 0 Å². The third-order valence-corrected chi connectivity index (χ3v) is 1.57. The second-order valence-electron chi connectivity index (χ2n) is 2.69. The zero-order valence-electron chi connectivity index (χ0n) is 7.43. The number of hydrogen-bond donors (Lipinski definition) is 1. The molecule has 0 bridgehead atoms. The molecule has 1 aromatic rings. The molecule has 2 N–H and O–H groups in total. The topological polar surface area (TPSA) is 35.2 Å². The Kier molecular flexibility index (Phi) is 2.88. The van der Waals surface area contributed by atoms with Crippen molar-refractivity contribution in [3.63, 3.8) is 0 Å². The van der Waals surface area contributed by atoms with E-state index in [-0.39, 0.29) is 23.4 Å². The van der Waals surface area contributed by atoms with Crippen LogP contribution in [0.2, 0.25) is 0 Å². The Morgan fingerprint density at radius 2 is 2.00 bits per heavy atom. The van der Waals surface area contributed by atoms with Crippen LogP contribution in [0.5, 0.6) is 5.75 Å². The summed E-state index contributed by atoms with van der Waals surface area (Å²) in [5.41, 5.74) is 5.55. The van der Waals surface area contributed by atoms with E-state index in [0.717, 1.165) is 0 Å². The van der Waals surface area contributed by atoms with E-state index < -0.39 is 6.18 Å². The largest absolute Gasteiger partial charge is 0.496 e. The van der Waals surface area contributed by atoms with Crippen molar-refractivity contribution in [2.75, 3.05) is 12.8 Å². The molecule has 0 saturated heterocycles. The first-order chi connectivity index (χ1) is 6.42. The van der Waals surface area contributed by atoms with E-state index in [0.29, 0.717) is 0 Å². The zero-order valence-corrected chi connectivity index (χ0v) is 7.43. The average Bonchev–Trinajstić information content (AvgIpc) is 2.01. The van der Waals surface area contributed by atoms with Gasteiger partial charge in [0.1, 0.15) is 5.75 Å². The molecule has 0 unspecified atom stereocenters. The summed E-state index contributed by atoms with van der Waals surface area (Å²) in [6, 6.07) is 4.09. The summed E-state index contributed by atoms with van der Waals surface area (Å²) in [5, 5.41) is 0. The molecule has 1 aromatic carbocycles. The van der Waals surface area contributed by atoms with Crippen molar-refractivity contribution >= 4 is 5.69 Å². The number of benzene rings is 1. The molecule has 0 aromatic heterocycles. The summed E-state index contributed by atoms with van der Waals surface area (Å²) in [7, 11) is 1.30. The van der Waals surface area contributed by atoms with Crippen molar-refractivity contribution in [3.8, 4) is 5.75 Å². The van der Waals surface area contributed by atoms with Gasteiger partial charge in [-0.15, -0.1) is 0 Å². The lowest BCUT2D eigenvalue weighted by molar-refractivity contribution is -0.0929. The molecule has 2 nitrogen and oxygen atoms in total. The normalized spacial score (nSPS) is 11.4. The Morgan fingerprint density at radius 1 is 1.36 bits per heavy atom. The fraction of sp³-hybridized carbons (Fsp3) is 0.222. The first kappa shape index (κ1) is 10.7. The lowest BCUT2D eigenvalue weighted by atomic mass is 10.1. The summed E-state index contributed by atoms with van der Waals surface area (Å²) in [4.78, 5) is 0. The summed E-state index contributed by atoms with van der Waals surface area (Å²) in [6.07, 6.45) is -4.22. The van der Waals surface area contributed by atoms with Crippen LogP contribution in [-0.4, -0.2) is 13.3 Å². The van der Waals surface area contributed by atoms with Gasteiger partial charge in [-0.25, -0.2) is 0 Å². The van der Waals surface area contributed by atoms with Crippen molar-refractivity contribution in [2.45, 2.75) is 6.18 Å². The van der Waals surface area contributed by atoms with E-state index in [9.17, 15) is 13.2 Å². The zero-order chi connectivity index (χ0) is 10.8. The molecule has 77 valence electrons. The van der Waals surface area contributed by atoms with Crippen LogP contribution in [0.15, 0.2) is 18.2 Å². The highest BCUT2D eigenvalue weighted by Crippen LogP contribution is 2.30. The van der Waals surface area contributed by atoms with Crippen LogP contribution in [0.3, 0.4) is 0 Å². The van der Waals surface area contributed by atoms with Gasteiger partial charge in [-0.1, -0.05) is 0 Å². The van der Waals surface area contributed by atoms with Gasteiger partial charge in [0.05, 0.1) is 13.5 Å². The summed E-state index contributed by atoms with van der Waals surface area (Å²) in [6.45, 7) is 0. The fourth-order valence-corrected chi connectivity index (χ4v) is 1.04. The molecule has 0 fully saturated rings. The number of nitrogen functional groups attached to an aromatic ring is 1. The Balaban J connectivity index is 2.99. The molecule has 0 atom stereocenters. The Labute approximate surface area is 79.5 Å². The molecule has 1 radical (unpaired) electrons. The molecule has 14 heavy (non-hydrogen) atoms. The van der Waals surface area contributed by atoms with Gasteiger partial charge in [0.2, 0.25) is 0 Å². The predicted octanol–water partition coefficient (Wildman–Crippen LogP) is 2.39. The van der Waals surface area contributed by atoms with Gasteiger partial charge in [-0.3, -0.25) is 0 Å². The van der Waals surface area contributed by atoms with Crippen LogP contribution in [0.25, 0.3) is 0 Å². The van der Waals surface area contributed by atoms with E-state index in [1.54, 1.807) is 0 Å². The van der Waals surface area contributed by atoms with Crippen LogP contribution in [0.1, 0.15) is 5.56 Å². The predicted molar refractivity (Wildman–Crippen MR) is 46.9 cm³/mol. The highest BCUT2D eigenvalue weighted by atomic mass is 19.4. The van der Waals surface area contributed by atoms with Crippen molar-refractivity contribution in [1.29, 1.82) is 0 Å². The van der Waals surface area contributed by atoms with E-state index >= 15 is 0 Å². The molecule has 0 spiro atoms. The lowest BCUT2D eigenvalue weighted by Crippen LogP contribution is -2.10. The SMILES string of the molecule is COc1ccc(N)cc1[CH]C(F)(F)F. The van der Waals surface area contributed by atoms with E-state index in [2.05, 4.69) is 0 Å². The van der Waals surface area contributed by atoms with Crippen molar-refractivity contribution in [2.24, 2.45) is 0 Å². The molecular weight excluding hydrogens is 195 g/mol. The minimum atomic E-state index is -4.37. The number of nitrogens with two attached hydrogens (primary N) is 1. The molecule has 0 aliphatic heterocycles. The van der Waals surface area contributed by atoms with Gasteiger partial charge in [-0.05, 0) is 18.2 Å². The van der Waals surface area contributed by atoms with Gasteiger partial charge >= 0.3 is 6.18 Å². The van der Waals surface area contributed by atoms with Gasteiger partial charge in [-0.2, -0.15) is 13.2 Å².